The Kier molecular flexibility index (Phi) is 7.71. The van der Waals surface area contributed by atoms with Gasteiger partial charge in [0, 0.05) is 76.6 Å². The molecule has 350 valence electrons. The third-order valence-corrected chi connectivity index (χ3v) is 17.4. The molecule has 1 aliphatic rings. The van der Waals surface area contributed by atoms with Crippen molar-refractivity contribution in [2.24, 2.45) is 0 Å². The molecule has 17 aromatic rings. The van der Waals surface area contributed by atoms with Gasteiger partial charge in [0.15, 0.2) is 0 Å². The smallest absolute Gasteiger partial charge is 0.136 e. The van der Waals surface area contributed by atoms with Crippen LogP contribution in [0.3, 0.4) is 0 Å². The molecule has 1 atom stereocenters. The molecule has 0 fully saturated rings. The van der Waals surface area contributed by atoms with Gasteiger partial charge < -0.3 is 18.1 Å². The third-order valence-electron chi connectivity index (χ3n) is 16.2. The minimum absolute atomic E-state index is 0.0122. The Labute approximate surface area is 430 Å². The van der Waals surface area contributed by atoms with E-state index in [-0.39, 0.29) is 6.04 Å². The van der Waals surface area contributed by atoms with Crippen LogP contribution in [0.15, 0.2) is 217 Å². The van der Waals surface area contributed by atoms with E-state index in [1.54, 1.807) is 0 Å². The number of hydrogen-bond acceptors (Lipinski definition) is 4. The second kappa shape index (κ2) is 14.5. The molecule has 8 nitrogen and oxygen atoms in total. The Bertz CT molecular complexity index is 5380. The second-order valence-corrected chi connectivity index (χ2v) is 21.2. The molecule has 0 saturated carbocycles. The zero-order chi connectivity index (χ0) is 48.6. The Morgan fingerprint density at radius 3 is 1.99 bits per heavy atom. The number of nitrogens with zero attached hydrogens (tertiary/aromatic N) is 7. The fraction of sp³-hybridized carbons (Fsp3) is 0.0303. The molecular weight excluding hydrogens is 939 g/mol. The predicted molar refractivity (Wildman–Crippen MR) is 310 cm³/mol. The lowest BCUT2D eigenvalue weighted by atomic mass is 10.0. The lowest BCUT2D eigenvalue weighted by Gasteiger charge is -2.24. The van der Waals surface area contributed by atoms with Gasteiger partial charge in [-0.3, -0.25) is 0 Å². The fourth-order valence-electron chi connectivity index (χ4n) is 13.1. The van der Waals surface area contributed by atoms with Gasteiger partial charge in [-0.1, -0.05) is 115 Å². The van der Waals surface area contributed by atoms with Crippen molar-refractivity contribution in [3.63, 3.8) is 0 Å². The summed E-state index contributed by atoms with van der Waals surface area (Å²) in [6.07, 6.45) is 7.32. The van der Waals surface area contributed by atoms with E-state index in [2.05, 4.69) is 237 Å². The molecule has 8 aromatic heterocycles. The van der Waals surface area contributed by atoms with E-state index in [4.69, 9.17) is 14.6 Å². The number of aromatic nitrogens is 7. The largest absolute Gasteiger partial charge is 0.456 e. The molecule has 9 heterocycles. The number of rotatable bonds is 4. The van der Waals surface area contributed by atoms with Crippen molar-refractivity contribution < 1.29 is 4.42 Å². The number of hydrogen-bond donors (Lipinski definition) is 0. The Balaban J connectivity index is 0.849. The summed E-state index contributed by atoms with van der Waals surface area (Å²) >= 11 is 1.88. The maximum Gasteiger partial charge on any atom is 0.136 e. The van der Waals surface area contributed by atoms with Gasteiger partial charge in [0.1, 0.15) is 11.2 Å². The average Bonchev–Trinajstić information content (AvgIpc) is 4.34. The molecular formula is C66H39N7OS. The van der Waals surface area contributed by atoms with Crippen molar-refractivity contribution in [1.29, 1.82) is 0 Å². The molecule has 18 rings (SSSR count). The summed E-state index contributed by atoms with van der Waals surface area (Å²) in [7, 11) is 0. The number of thiophene rings is 1. The van der Waals surface area contributed by atoms with Gasteiger partial charge in [0.25, 0.3) is 0 Å². The minimum Gasteiger partial charge on any atom is -0.456 e. The van der Waals surface area contributed by atoms with Crippen LogP contribution in [0.1, 0.15) is 18.2 Å². The third kappa shape index (κ3) is 5.33. The van der Waals surface area contributed by atoms with Crippen molar-refractivity contribution in [2.75, 3.05) is 0 Å². The highest BCUT2D eigenvalue weighted by atomic mass is 32.1. The summed E-state index contributed by atoms with van der Waals surface area (Å²) in [5.74, 6) is 0. The maximum absolute atomic E-state index is 6.56. The summed E-state index contributed by atoms with van der Waals surface area (Å²) in [4.78, 5) is 0. The maximum atomic E-state index is 6.56. The topological polar surface area (TPSA) is 63.0 Å². The number of para-hydroxylation sites is 3. The van der Waals surface area contributed by atoms with Crippen LogP contribution in [0, 0.1) is 0 Å². The van der Waals surface area contributed by atoms with Crippen molar-refractivity contribution >= 4 is 142 Å². The highest BCUT2D eigenvalue weighted by Gasteiger charge is 2.30. The van der Waals surface area contributed by atoms with Crippen molar-refractivity contribution in [3.8, 4) is 22.5 Å². The van der Waals surface area contributed by atoms with E-state index in [1.165, 1.54) is 80.4 Å². The molecule has 1 unspecified atom stereocenters. The molecule has 0 N–H and O–H groups in total. The van der Waals surface area contributed by atoms with Crippen LogP contribution in [-0.2, 0) is 0 Å². The minimum atomic E-state index is 0.0122. The first-order chi connectivity index (χ1) is 37.2. The SMILES string of the molecule is C1=Cn2nc3ccccc3c2C(n2c3cc4c(cc3c3sc5ccc(-c6cccc(-n7c8ccccc8c8cc9c(cc87)c7ccccc7n9-c7cccn8nc9ccccc9c78)c6)cc5c32)oc2ccccc24)C1. The van der Waals surface area contributed by atoms with E-state index < -0.39 is 0 Å². The van der Waals surface area contributed by atoms with Gasteiger partial charge in [-0.15, -0.1) is 11.3 Å². The Morgan fingerprint density at radius 1 is 0.453 bits per heavy atom. The number of benzene rings is 9. The molecule has 0 amide bonds. The number of allylic oxidation sites excluding steroid dienone is 1. The van der Waals surface area contributed by atoms with Crippen molar-refractivity contribution in [2.45, 2.75) is 12.5 Å². The summed E-state index contributed by atoms with van der Waals surface area (Å²) in [6.45, 7) is 0. The first kappa shape index (κ1) is 39.9. The molecule has 0 radical (unpaired) electrons. The molecule has 75 heavy (non-hydrogen) atoms. The zero-order valence-corrected chi connectivity index (χ0v) is 40.8. The fourth-order valence-corrected chi connectivity index (χ4v) is 14.3. The van der Waals surface area contributed by atoms with Gasteiger partial charge in [0.05, 0.1) is 71.8 Å². The highest BCUT2D eigenvalue weighted by Crippen LogP contribution is 2.49. The van der Waals surface area contributed by atoms with Gasteiger partial charge in [-0.05, 0) is 109 Å². The Morgan fingerprint density at radius 2 is 1.15 bits per heavy atom. The monoisotopic (exact) mass is 977 g/mol. The number of pyridine rings is 1. The van der Waals surface area contributed by atoms with E-state index in [0.717, 1.165) is 78.3 Å². The predicted octanol–water partition coefficient (Wildman–Crippen LogP) is 17.4. The lowest BCUT2D eigenvalue weighted by Crippen LogP contribution is -2.16. The van der Waals surface area contributed by atoms with E-state index in [0.29, 0.717) is 0 Å². The highest BCUT2D eigenvalue weighted by molar-refractivity contribution is 7.26. The summed E-state index contributed by atoms with van der Waals surface area (Å²) in [6, 6.07) is 73.1. The quantitative estimate of drug-likeness (QED) is 0.176. The molecule has 9 aromatic carbocycles. The van der Waals surface area contributed by atoms with Crippen molar-refractivity contribution in [3.05, 3.63) is 218 Å². The lowest BCUT2D eigenvalue weighted by molar-refractivity contribution is 0.584. The first-order valence-electron chi connectivity index (χ1n) is 25.6. The average molecular weight is 978 g/mol. The van der Waals surface area contributed by atoms with E-state index in [9.17, 15) is 0 Å². The van der Waals surface area contributed by atoms with Crippen LogP contribution in [0.4, 0.5) is 0 Å². The van der Waals surface area contributed by atoms with Crippen LogP contribution >= 0.6 is 11.3 Å². The molecule has 0 spiro atoms. The van der Waals surface area contributed by atoms with Crippen LogP contribution in [-0.4, -0.2) is 33.1 Å². The molecule has 1 aliphatic heterocycles. The van der Waals surface area contributed by atoms with Crippen LogP contribution in [0.2, 0.25) is 0 Å². The van der Waals surface area contributed by atoms with Gasteiger partial charge in [0.2, 0.25) is 0 Å². The number of furan rings is 1. The first-order valence-corrected chi connectivity index (χ1v) is 26.4. The molecule has 0 saturated heterocycles. The molecule has 0 bridgehead atoms. The van der Waals surface area contributed by atoms with Crippen LogP contribution in [0.5, 0.6) is 0 Å². The van der Waals surface area contributed by atoms with Gasteiger partial charge in [-0.25, -0.2) is 9.20 Å². The van der Waals surface area contributed by atoms with Crippen molar-refractivity contribution in [1.82, 2.24) is 33.1 Å². The van der Waals surface area contributed by atoms with Gasteiger partial charge >= 0.3 is 0 Å². The van der Waals surface area contributed by atoms with Crippen LogP contribution < -0.4 is 0 Å². The molecule has 9 heteroatoms. The second-order valence-electron chi connectivity index (χ2n) is 20.2. The summed E-state index contributed by atoms with van der Waals surface area (Å²) in [5.41, 5.74) is 17.8. The van der Waals surface area contributed by atoms with Gasteiger partial charge in [-0.2, -0.15) is 10.2 Å². The summed E-state index contributed by atoms with van der Waals surface area (Å²) < 4.78 is 20.8. The summed E-state index contributed by atoms with van der Waals surface area (Å²) in [5, 5.41) is 21.9. The molecule has 0 aliphatic carbocycles. The van der Waals surface area contributed by atoms with E-state index in [1.807, 2.05) is 15.9 Å². The van der Waals surface area contributed by atoms with Crippen LogP contribution in [0.25, 0.3) is 153 Å². The normalized spacial score (nSPS) is 14.2. The number of fused-ring (bicyclic) bond motifs is 20. The standard InChI is InChI=1S/C66H39N7OS/c1-6-21-51-44(19-1)63-55(25-12-30-69(63)67-51)72-54-24-9-4-17-42(54)47-34-57-46(35-58(47)72)41-16-3-8-23-53(41)71(57)40-15-11-14-38(32-40)39-28-29-62-50(33-39)65-66(75-62)49-37-61-48(43-18-5-10-27-60(43)74-61)36-59(49)73(65)56-26-13-31-70-64(56)45-20-2-7-22-52(45)68-70/h1-25,27-37,56H,26H2. The zero-order valence-electron chi connectivity index (χ0n) is 40.0. The Hall–Kier alpha value is -9.70. The van der Waals surface area contributed by atoms with E-state index >= 15 is 0 Å².